The molecule has 0 aliphatic carbocycles. The van der Waals surface area contributed by atoms with Gasteiger partial charge in [0.2, 0.25) is 0 Å². The summed E-state index contributed by atoms with van der Waals surface area (Å²) in [4.78, 5) is 40.9. The van der Waals surface area contributed by atoms with E-state index in [1.165, 1.54) is 18.4 Å². The maximum atomic E-state index is 14.0. The molecule has 7 nitrogen and oxygen atoms in total. The lowest BCUT2D eigenvalue weighted by molar-refractivity contribution is 0.0716. The van der Waals surface area contributed by atoms with Crippen LogP contribution in [0.5, 0.6) is 0 Å². The molecule has 3 amide bonds. The maximum absolute atomic E-state index is 14.0. The quantitative estimate of drug-likeness (QED) is 0.678. The lowest BCUT2D eigenvalue weighted by Crippen LogP contribution is -2.37. The standard InChI is InChI=1S/C24H22FN3O4/c25-20-6-2-1-5-19(20)24(31)28-13-4-12-27(14-15-28)23(30)17-8-10-18(11-9-17)26-22(29)21-7-3-16-32-21/h1-3,5-11,16H,4,12-15H2,(H,26,29). The van der Waals surface area contributed by atoms with Gasteiger partial charge < -0.3 is 19.5 Å². The first-order valence-electron chi connectivity index (χ1n) is 10.3. The van der Waals surface area contributed by atoms with Crippen LogP contribution >= 0.6 is 0 Å². The highest BCUT2D eigenvalue weighted by molar-refractivity contribution is 6.02. The second kappa shape index (κ2) is 9.47. The van der Waals surface area contributed by atoms with Crippen molar-refractivity contribution in [1.29, 1.82) is 0 Å². The number of carbonyl (C=O) groups excluding carboxylic acids is 3. The van der Waals surface area contributed by atoms with Crippen molar-refractivity contribution in [2.75, 3.05) is 31.5 Å². The number of benzene rings is 2. The number of halogens is 1. The Labute approximate surface area is 184 Å². The summed E-state index contributed by atoms with van der Waals surface area (Å²) in [5.74, 6) is -1.25. The van der Waals surface area contributed by atoms with Crippen molar-refractivity contribution in [2.45, 2.75) is 6.42 Å². The number of nitrogens with zero attached hydrogens (tertiary/aromatic N) is 2. The first-order valence-corrected chi connectivity index (χ1v) is 10.3. The topological polar surface area (TPSA) is 82.9 Å². The third-order valence-corrected chi connectivity index (χ3v) is 5.31. The number of anilines is 1. The van der Waals surface area contributed by atoms with Crippen LogP contribution in [0.3, 0.4) is 0 Å². The zero-order valence-electron chi connectivity index (χ0n) is 17.3. The lowest BCUT2D eigenvalue weighted by atomic mass is 10.1. The Morgan fingerprint density at radius 2 is 1.50 bits per heavy atom. The Hall–Kier alpha value is -3.94. The summed E-state index contributed by atoms with van der Waals surface area (Å²) in [6.45, 7) is 1.64. The molecular formula is C24H22FN3O4. The number of nitrogens with one attached hydrogen (secondary N) is 1. The molecule has 1 aliphatic heterocycles. The summed E-state index contributed by atoms with van der Waals surface area (Å²) in [6, 6.07) is 15.7. The number of furan rings is 1. The molecule has 0 saturated carbocycles. The molecule has 8 heteroatoms. The fourth-order valence-electron chi connectivity index (χ4n) is 3.61. The van der Waals surface area contributed by atoms with Crippen LogP contribution in [-0.4, -0.2) is 53.7 Å². The van der Waals surface area contributed by atoms with Crippen molar-refractivity contribution in [1.82, 2.24) is 9.80 Å². The summed E-state index contributed by atoms with van der Waals surface area (Å²) in [6.07, 6.45) is 2.02. The molecule has 4 rings (SSSR count). The molecule has 3 aromatic rings. The fraction of sp³-hybridized carbons (Fsp3) is 0.208. The molecule has 164 valence electrons. The van der Waals surface area contributed by atoms with Gasteiger partial charge in [0.1, 0.15) is 5.82 Å². The molecule has 1 aromatic heterocycles. The van der Waals surface area contributed by atoms with Crippen LogP contribution in [0, 0.1) is 5.82 Å². The largest absolute Gasteiger partial charge is 0.459 e. The molecule has 0 bridgehead atoms. The zero-order chi connectivity index (χ0) is 22.5. The van der Waals surface area contributed by atoms with Crippen LogP contribution < -0.4 is 5.32 Å². The Morgan fingerprint density at radius 1 is 0.812 bits per heavy atom. The smallest absolute Gasteiger partial charge is 0.291 e. The van der Waals surface area contributed by atoms with Crippen LogP contribution in [0.15, 0.2) is 71.3 Å². The van der Waals surface area contributed by atoms with E-state index in [0.29, 0.717) is 43.9 Å². The number of hydrogen-bond acceptors (Lipinski definition) is 4. The normalized spacial score (nSPS) is 14.0. The van der Waals surface area contributed by atoms with Gasteiger partial charge in [-0.2, -0.15) is 0 Å². The number of amides is 3. The van der Waals surface area contributed by atoms with Gasteiger partial charge in [-0.15, -0.1) is 0 Å². The van der Waals surface area contributed by atoms with Gasteiger partial charge >= 0.3 is 0 Å². The van der Waals surface area contributed by atoms with Crippen molar-refractivity contribution in [3.05, 3.63) is 89.6 Å². The minimum atomic E-state index is -0.547. The molecule has 2 aromatic carbocycles. The third-order valence-electron chi connectivity index (χ3n) is 5.31. The highest BCUT2D eigenvalue weighted by Crippen LogP contribution is 2.16. The van der Waals surface area contributed by atoms with Gasteiger partial charge in [-0.25, -0.2) is 4.39 Å². The Kier molecular flexibility index (Phi) is 6.30. The van der Waals surface area contributed by atoms with Gasteiger partial charge in [-0.1, -0.05) is 12.1 Å². The van der Waals surface area contributed by atoms with E-state index in [2.05, 4.69) is 5.32 Å². The molecular weight excluding hydrogens is 413 g/mol. The first-order chi connectivity index (χ1) is 15.5. The average Bonchev–Trinajstić information content (AvgIpc) is 3.24. The van der Waals surface area contributed by atoms with E-state index in [4.69, 9.17) is 4.42 Å². The number of hydrogen-bond donors (Lipinski definition) is 1. The Balaban J connectivity index is 1.37. The zero-order valence-corrected chi connectivity index (χ0v) is 17.3. The van der Waals surface area contributed by atoms with E-state index in [1.54, 1.807) is 58.3 Å². The maximum Gasteiger partial charge on any atom is 0.291 e. The highest BCUT2D eigenvalue weighted by Gasteiger charge is 2.25. The SMILES string of the molecule is O=C(Nc1ccc(C(=O)N2CCCN(C(=O)c3ccccc3F)CC2)cc1)c1ccco1. The van der Waals surface area contributed by atoms with Crippen LogP contribution in [0.4, 0.5) is 10.1 Å². The molecule has 32 heavy (non-hydrogen) atoms. The Bertz CT molecular complexity index is 1110. The lowest BCUT2D eigenvalue weighted by Gasteiger charge is -2.22. The predicted octanol–water partition coefficient (Wildman–Crippen LogP) is 3.66. The molecule has 1 fully saturated rings. The summed E-state index contributed by atoms with van der Waals surface area (Å²) in [5, 5.41) is 2.71. The minimum Gasteiger partial charge on any atom is -0.459 e. The molecule has 1 N–H and O–H groups in total. The first kappa shape index (κ1) is 21.3. The van der Waals surface area contributed by atoms with Crippen molar-refractivity contribution in [3.8, 4) is 0 Å². The average molecular weight is 435 g/mol. The molecule has 1 aliphatic rings. The predicted molar refractivity (Wildman–Crippen MR) is 116 cm³/mol. The summed E-state index contributed by atoms with van der Waals surface area (Å²) < 4.78 is 19.0. The summed E-state index contributed by atoms with van der Waals surface area (Å²) >= 11 is 0. The highest BCUT2D eigenvalue weighted by atomic mass is 19.1. The number of carbonyl (C=O) groups is 3. The van der Waals surface area contributed by atoms with E-state index >= 15 is 0 Å². The second-order valence-corrected chi connectivity index (χ2v) is 7.43. The molecule has 1 saturated heterocycles. The van der Waals surface area contributed by atoms with Gasteiger partial charge in [-0.05, 0) is 55.0 Å². The number of rotatable bonds is 4. The van der Waals surface area contributed by atoms with Crippen LogP contribution in [0.25, 0.3) is 0 Å². The van der Waals surface area contributed by atoms with Gasteiger partial charge in [0.25, 0.3) is 17.7 Å². The van der Waals surface area contributed by atoms with Crippen LogP contribution in [0.2, 0.25) is 0 Å². The van der Waals surface area contributed by atoms with E-state index < -0.39 is 5.82 Å². The van der Waals surface area contributed by atoms with Crippen molar-refractivity contribution >= 4 is 23.4 Å². The van der Waals surface area contributed by atoms with Gasteiger partial charge in [0.05, 0.1) is 11.8 Å². The fourth-order valence-corrected chi connectivity index (χ4v) is 3.61. The monoisotopic (exact) mass is 435 g/mol. The van der Waals surface area contributed by atoms with Crippen LogP contribution in [0.1, 0.15) is 37.7 Å². The van der Waals surface area contributed by atoms with Crippen molar-refractivity contribution in [3.63, 3.8) is 0 Å². The molecule has 0 atom stereocenters. The Morgan fingerprint density at radius 3 is 2.16 bits per heavy atom. The molecule has 2 heterocycles. The van der Waals surface area contributed by atoms with Gasteiger partial charge in [-0.3, -0.25) is 14.4 Å². The van der Waals surface area contributed by atoms with Gasteiger partial charge in [0.15, 0.2) is 5.76 Å². The van der Waals surface area contributed by atoms with Gasteiger partial charge in [0, 0.05) is 37.4 Å². The second-order valence-electron chi connectivity index (χ2n) is 7.43. The van der Waals surface area contributed by atoms with E-state index in [9.17, 15) is 18.8 Å². The summed E-state index contributed by atoms with van der Waals surface area (Å²) in [5.41, 5.74) is 1.06. The third kappa shape index (κ3) is 4.69. The van der Waals surface area contributed by atoms with E-state index in [1.807, 2.05) is 0 Å². The van der Waals surface area contributed by atoms with E-state index in [0.717, 1.165) is 0 Å². The molecule has 0 spiro atoms. The minimum absolute atomic E-state index is 0.0412. The summed E-state index contributed by atoms with van der Waals surface area (Å²) in [7, 11) is 0. The molecule has 0 radical (unpaired) electrons. The molecule has 0 unspecified atom stereocenters. The van der Waals surface area contributed by atoms with Crippen LogP contribution in [-0.2, 0) is 0 Å². The van der Waals surface area contributed by atoms with Crippen molar-refractivity contribution in [2.24, 2.45) is 0 Å². The van der Waals surface area contributed by atoms with E-state index in [-0.39, 0.29) is 29.0 Å². The van der Waals surface area contributed by atoms with Crippen molar-refractivity contribution < 1.29 is 23.2 Å².